The molecular weight excluding hydrogens is 678 g/mol. The second-order valence-electron chi connectivity index (χ2n) is 13.1. The summed E-state index contributed by atoms with van der Waals surface area (Å²) in [6.07, 6.45) is 18.0. The highest BCUT2D eigenvalue weighted by Crippen LogP contribution is 2.38. The van der Waals surface area contributed by atoms with E-state index in [4.69, 9.17) is 27.1 Å². The zero-order valence-corrected chi connectivity index (χ0v) is 30.5. The van der Waals surface area contributed by atoms with Crippen LogP contribution in [0.3, 0.4) is 0 Å². The molecule has 12 nitrogen and oxygen atoms in total. The van der Waals surface area contributed by atoms with Crippen molar-refractivity contribution in [3.63, 3.8) is 0 Å². The SMILES string of the molecule is C#CCCNC(=O)OCc1cnc(C)c(OC(=O)CCC/C=C\C[C@@H]2[C@@H](CC[C@@H](O)CCc3ccccc3)[C@H](O)C[C@@H]2O)c1COC(=O)NCCC#C. The van der Waals surface area contributed by atoms with Gasteiger partial charge in [-0.3, -0.25) is 9.78 Å². The number of carbonyl (C=O) groups excluding carboxylic acids is 3. The standard InChI is InChI=1S/C41H53N3O9/c1-4-6-23-42-40(49)51-27-31-26-44-29(3)39(35(31)28-52-41(50)43-24-7-5-2)53-38(48)18-14-9-8-13-17-33-34(37(47)25-36(33)46)22-21-32(45)20-19-30-15-11-10-12-16-30/h1-2,8,10-13,15-16,26,32-34,36-37,45-47H,6-7,9,14,17-25,27-28H2,3H3,(H,42,49)(H,43,50)/b13-8-/t32-,33+,34+,36-,37+/m0/s1. The summed E-state index contributed by atoms with van der Waals surface area (Å²) >= 11 is 0. The van der Waals surface area contributed by atoms with Crippen LogP contribution >= 0.6 is 0 Å². The van der Waals surface area contributed by atoms with Crippen LogP contribution in [0.25, 0.3) is 0 Å². The summed E-state index contributed by atoms with van der Waals surface area (Å²) < 4.78 is 16.4. The van der Waals surface area contributed by atoms with Crippen LogP contribution in [0.2, 0.25) is 0 Å². The molecular formula is C41H53N3O9. The molecule has 286 valence electrons. The lowest BCUT2D eigenvalue weighted by atomic mass is 9.85. The predicted molar refractivity (Wildman–Crippen MR) is 199 cm³/mol. The second-order valence-corrected chi connectivity index (χ2v) is 13.1. The highest BCUT2D eigenvalue weighted by Gasteiger charge is 2.40. The number of pyridine rings is 1. The Morgan fingerprint density at radius 1 is 0.962 bits per heavy atom. The van der Waals surface area contributed by atoms with Gasteiger partial charge in [0.15, 0.2) is 5.75 Å². The molecule has 2 aromatic rings. The monoisotopic (exact) mass is 731 g/mol. The zero-order chi connectivity index (χ0) is 38.4. The first kappa shape index (κ1) is 42.5. The van der Waals surface area contributed by atoms with Crippen LogP contribution in [0.4, 0.5) is 9.59 Å². The number of benzene rings is 1. The second kappa shape index (κ2) is 23.6. The van der Waals surface area contributed by atoms with Crippen molar-refractivity contribution in [1.29, 1.82) is 0 Å². The van der Waals surface area contributed by atoms with E-state index in [0.717, 1.165) is 6.42 Å². The first-order valence-electron chi connectivity index (χ1n) is 18.2. The van der Waals surface area contributed by atoms with Crippen LogP contribution in [-0.2, 0) is 33.9 Å². The molecule has 1 saturated carbocycles. The molecule has 5 N–H and O–H groups in total. The third-order valence-electron chi connectivity index (χ3n) is 9.19. The third-order valence-corrected chi connectivity index (χ3v) is 9.19. The summed E-state index contributed by atoms with van der Waals surface area (Å²) in [7, 11) is 0. The Morgan fingerprint density at radius 2 is 1.62 bits per heavy atom. The topological polar surface area (TPSA) is 177 Å². The average molecular weight is 732 g/mol. The van der Waals surface area contributed by atoms with Gasteiger partial charge in [0.1, 0.15) is 13.2 Å². The van der Waals surface area contributed by atoms with E-state index in [2.05, 4.69) is 27.5 Å². The van der Waals surface area contributed by atoms with Crippen molar-refractivity contribution in [3.05, 3.63) is 71.1 Å². The van der Waals surface area contributed by atoms with Crippen molar-refractivity contribution in [2.24, 2.45) is 11.8 Å². The van der Waals surface area contributed by atoms with Crippen LogP contribution in [0, 0.1) is 43.4 Å². The molecule has 0 unspecified atom stereocenters. The van der Waals surface area contributed by atoms with Crippen LogP contribution in [-0.4, -0.2) is 69.9 Å². The maximum atomic E-state index is 13.0. The molecule has 1 aliphatic carbocycles. The molecule has 12 heteroatoms. The van der Waals surface area contributed by atoms with E-state index in [-0.39, 0.29) is 50.3 Å². The fraction of sp³-hybridized carbons (Fsp3) is 0.512. The Balaban J connectivity index is 1.52. The number of alkyl carbamates (subject to hydrolysis) is 2. The van der Waals surface area contributed by atoms with E-state index >= 15 is 0 Å². The molecule has 0 radical (unpaired) electrons. The van der Waals surface area contributed by atoms with Crippen molar-refractivity contribution in [2.45, 2.75) is 109 Å². The van der Waals surface area contributed by atoms with E-state index < -0.39 is 36.5 Å². The van der Waals surface area contributed by atoms with Gasteiger partial charge in [-0.25, -0.2) is 9.59 Å². The molecule has 1 aromatic heterocycles. The number of rotatable bonds is 21. The van der Waals surface area contributed by atoms with E-state index in [1.54, 1.807) is 6.92 Å². The molecule has 0 spiro atoms. The number of aliphatic hydroxyl groups excluding tert-OH is 3. The fourth-order valence-electron chi connectivity index (χ4n) is 6.26. The number of aliphatic hydroxyl groups is 3. The summed E-state index contributed by atoms with van der Waals surface area (Å²) in [5.41, 5.74) is 2.26. The molecule has 0 aliphatic heterocycles. The Kier molecular flexibility index (Phi) is 19.0. The van der Waals surface area contributed by atoms with Gasteiger partial charge in [0.25, 0.3) is 0 Å². The number of terminal acetylenes is 2. The van der Waals surface area contributed by atoms with Gasteiger partial charge in [0.2, 0.25) is 0 Å². The van der Waals surface area contributed by atoms with Gasteiger partial charge >= 0.3 is 18.2 Å². The van der Waals surface area contributed by atoms with Gasteiger partial charge < -0.3 is 40.2 Å². The number of hydrogen-bond acceptors (Lipinski definition) is 10. The summed E-state index contributed by atoms with van der Waals surface area (Å²) in [4.78, 5) is 41.6. The molecule has 1 aliphatic rings. The van der Waals surface area contributed by atoms with Crippen molar-refractivity contribution in [2.75, 3.05) is 13.1 Å². The van der Waals surface area contributed by atoms with Crippen LogP contribution in [0.15, 0.2) is 48.7 Å². The van der Waals surface area contributed by atoms with E-state index in [1.807, 2.05) is 42.5 Å². The predicted octanol–water partition coefficient (Wildman–Crippen LogP) is 5.04. The van der Waals surface area contributed by atoms with E-state index in [1.165, 1.54) is 11.8 Å². The van der Waals surface area contributed by atoms with Gasteiger partial charge in [-0.2, -0.15) is 0 Å². The molecule has 1 heterocycles. The molecule has 53 heavy (non-hydrogen) atoms. The first-order chi connectivity index (χ1) is 25.6. The lowest BCUT2D eigenvalue weighted by Crippen LogP contribution is -2.26. The molecule has 5 atom stereocenters. The van der Waals surface area contributed by atoms with E-state index in [9.17, 15) is 29.7 Å². The zero-order valence-electron chi connectivity index (χ0n) is 30.5. The highest BCUT2D eigenvalue weighted by atomic mass is 16.6. The van der Waals surface area contributed by atoms with Gasteiger partial charge in [0.05, 0.1) is 24.0 Å². The van der Waals surface area contributed by atoms with Gasteiger partial charge in [-0.15, -0.1) is 24.7 Å². The number of nitrogens with zero attached hydrogens (tertiary/aromatic N) is 1. The third kappa shape index (κ3) is 15.3. The normalized spacial score (nSPS) is 18.5. The summed E-state index contributed by atoms with van der Waals surface area (Å²) in [6, 6.07) is 10.0. The smallest absolute Gasteiger partial charge is 0.407 e. The number of aryl methyl sites for hydroxylation is 2. The minimum atomic E-state index is -0.722. The first-order valence-corrected chi connectivity index (χ1v) is 18.2. The number of ether oxygens (including phenoxy) is 3. The Hall–Kier alpha value is -4.88. The molecule has 1 aromatic carbocycles. The maximum Gasteiger partial charge on any atom is 0.407 e. The minimum absolute atomic E-state index is 0.0865. The summed E-state index contributed by atoms with van der Waals surface area (Å²) in [5, 5.41) is 36.9. The molecule has 3 rings (SSSR count). The highest BCUT2D eigenvalue weighted by molar-refractivity contribution is 5.73. The number of amides is 2. The average Bonchev–Trinajstić information content (AvgIpc) is 3.42. The quantitative estimate of drug-likeness (QED) is 0.0506. The van der Waals surface area contributed by atoms with Crippen molar-refractivity contribution >= 4 is 18.2 Å². The lowest BCUT2D eigenvalue weighted by Gasteiger charge is -2.23. The van der Waals surface area contributed by atoms with Crippen LogP contribution in [0.1, 0.15) is 86.6 Å². The molecule has 1 fully saturated rings. The largest absolute Gasteiger partial charge is 0.445 e. The molecule has 0 saturated heterocycles. The van der Waals surface area contributed by atoms with E-state index in [0.29, 0.717) is 74.6 Å². The molecule has 2 amide bonds. The van der Waals surface area contributed by atoms with Crippen LogP contribution < -0.4 is 15.4 Å². The van der Waals surface area contributed by atoms with Crippen LogP contribution in [0.5, 0.6) is 5.75 Å². The van der Waals surface area contributed by atoms with Gasteiger partial charge in [-0.05, 0) is 75.7 Å². The Morgan fingerprint density at radius 3 is 2.30 bits per heavy atom. The lowest BCUT2D eigenvalue weighted by molar-refractivity contribution is -0.134. The Labute approximate surface area is 312 Å². The number of aromatic nitrogens is 1. The number of allylic oxidation sites excluding steroid dienone is 2. The minimum Gasteiger partial charge on any atom is -0.445 e. The van der Waals surface area contributed by atoms with Crippen molar-refractivity contribution in [1.82, 2.24) is 15.6 Å². The number of hydrogen-bond donors (Lipinski definition) is 5. The number of carbonyl (C=O) groups is 3. The summed E-state index contributed by atoms with van der Waals surface area (Å²) in [6.45, 7) is 1.58. The van der Waals surface area contributed by atoms with Crippen molar-refractivity contribution in [3.8, 4) is 30.4 Å². The maximum absolute atomic E-state index is 13.0. The fourth-order valence-corrected chi connectivity index (χ4v) is 6.26. The van der Waals surface area contributed by atoms with Gasteiger partial charge in [0, 0.05) is 49.7 Å². The number of esters is 1. The van der Waals surface area contributed by atoms with Crippen molar-refractivity contribution < 1.29 is 43.9 Å². The number of nitrogens with one attached hydrogen (secondary N) is 2. The molecule has 0 bridgehead atoms. The number of unbranched alkanes of at least 4 members (excludes halogenated alkanes) is 1. The van der Waals surface area contributed by atoms with Gasteiger partial charge in [-0.1, -0.05) is 42.5 Å². The summed E-state index contributed by atoms with van der Waals surface area (Å²) in [5.74, 6) is 4.20. The Bertz CT molecular complexity index is 1570.